The van der Waals surface area contributed by atoms with Gasteiger partial charge in [0.15, 0.2) is 12.2 Å². The highest BCUT2D eigenvalue weighted by Crippen LogP contribution is 2.51. The van der Waals surface area contributed by atoms with Gasteiger partial charge < -0.3 is 30.3 Å². The Hall–Kier alpha value is -3.67. The predicted octanol–water partition coefficient (Wildman–Crippen LogP) is 5.19. The van der Waals surface area contributed by atoms with Crippen molar-refractivity contribution in [2.45, 2.75) is 24.6 Å². The van der Waals surface area contributed by atoms with Crippen molar-refractivity contribution in [3.8, 4) is 11.5 Å². The van der Waals surface area contributed by atoms with Crippen LogP contribution in [0.5, 0.6) is 11.5 Å². The SMILES string of the molecule is C=C(/C=C(Cl)\C(=C/N)C(=O)O)Oc1ccc([C@@H](C)[C@@](O)(c2ccc3c(c2)N(C)C(=O)CO3)C(F)(F)F)c(Cl)c1. The molecule has 1 aliphatic rings. The lowest BCUT2D eigenvalue weighted by molar-refractivity contribution is -0.274. The zero-order valence-electron chi connectivity index (χ0n) is 20.6. The van der Waals surface area contributed by atoms with E-state index in [9.17, 15) is 27.9 Å². The maximum Gasteiger partial charge on any atom is 0.422 e. The van der Waals surface area contributed by atoms with Gasteiger partial charge in [-0.15, -0.1) is 0 Å². The highest BCUT2D eigenvalue weighted by atomic mass is 35.5. The van der Waals surface area contributed by atoms with Crippen LogP contribution in [0, 0.1) is 0 Å². The Morgan fingerprint density at radius 2 is 1.95 bits per heavy atom. The number of carboxylic acid groups (broad SMARTS) is 1. The topological polar surface area (TPSA) is 122 Å². The Balaban J connectivity index is 1.95. The van der Waals surface area contributed by atoms with E-state index in [4.69, 9.17) is 43.5 Å². The Morgan fingerprint density at radius 3 is 2.51 bits per heavy atom. The molecule has 0 fully saturated rings. The first-order valence-electron chi connectivity index (χ1n) is 11.1. The van der Waals surface area contributed by atoms with E-state index in [1.165, 1.54) is 31.3 Å². The zero-order chi connectivity index (χ0) is 29.3. The minimum Gasteiger partial charge on any atom is -0.482 e. The average Bonchev–Trinajstić information content (AvgIpc) is 2.84. The minimum atomic E-state index is -5.15. The third kappa shape index (κ3) is 5.85. The van der Waals surface area contributed by atoms with E-state index in [-0.39, 0.29) is 45.2 Å². The molecule has 0 aromatic heterocycles. The highest BCUT2D eigenvalue weighted by molar-refractivity contribution is 6.35. The summed E-state index contributed by atoms with van der Waals surface area (Å²) >= 11 is 12.2. The third-order valence-electron chi connectivity index (χ3n) is 6.17. The summed E-state index contributed by atoms with van der Waals surface area (Å²) in [7, 11) is 1.39. The van der Waals surface area contributed by atoms with Gasteiger partial charge in [0.2, 0.25) is 0 Å². The number of benzene rings is 2. The third-order valence-corrected chi connectivity index (χ3v) is 6.81. The minimum absolute atomic E-state index is 0.0527. The predicted molar refractivity (Wildman–Crippen MR) is 139 cm³/mol. The number of hydrogen-bond donors (Lipinski definition) is 3. The zero-order valence-corrected chi connectivity index (χ0v) is 22.1. The molecule has 3 rings (SSSR count). The van der Waals surface area contributed by atoms with Gasteiger partial charge >= 0.3 is 12.1 Å². The number of aliphatic carboxylic acids is 1. The van der Waals surface area contributed by atoms with E-state index < -0.39 is 40.7 Å². The number of anilines is 1. The normalized spacial score (nSPS) is 16.6. The van der Waals surface area contributed by atoms with Crippen molar-refractivity contribution in [1.29, 1.82) is 0 Å². The van der Waals surface area contributed by atoms with Crippen molar-refractivity contribution >= 4 is 40.8 Å². The van der Waals surface area contributed by atoms with Gasteiger partial charge in [-0.1, -0.05) is 48.8 Å². The molecule has 2 aromatic rings. The summed E-state index contributed by atoms with van der Waals surface area (Å²) in [5.74, 6) is -3.32. The molecular weight excluding hydrogens is 564 g/mol. The number of amides is 1. The number of allylic oxidation sites excluding steroid dienone is 1. The summed E-state index contributed by atoms with van der Waals surface area (Å²) < 4.78 is 54.2. The first-order chi connectivity index (χ1) is 18.1. The number of hydrogen-bond acceptors (Lipinski definition) is 6. The quantitative estimate of drug-likeness (QED) is 0.221. The molecular formula is C26H23Cl2F3N2O6. The summed E-state index contributed by atoms with van der Waals surface area (Å²) in [5, 5.41) is 19.8. The number of carboxylic acids is 1. The van der Waals surface area contributed by atoms with Crippen molar-refractivity contribution in [2.24, 2.45) is 5.73 Å². The molecule has 1 aliphatic heterocycles. The van der Waals surface area contributed by atoms with E-state index in [1.54, 1.807) is 0 Å². The molecule has 0 bridgehead atoms. The second-order valence-electron chi connectivity index (χ2n) is 8.54. The van der Waals surface area contributed by atoms with Crippen LogP contribution in [-0.2, 0) is 15.2 Å². The van der Waals surface area contributed by atoms with Crippen molar-refractivity contribution in [3.05, 3.63) is 87.8 Å². The molecule has 1 heterocycles. The number of halogens is 5. The van der Waals surface area contributed by atoms with Gasteiger partial charge in [0.25, 0.3) is 5.91 Å². The fraction of sp³-hybridized carbons (Fsp3) is 0.231. The van der Waals surface area contributed by atoms with Gasteiger partial charge in [-0.25, -0.2) is 4.79 Å². The van der Waals surface area contributed by atoms with Crippen LogP contribution in [0.4, 0.5) is 18.9 Å². The summed E-state index contributed by atoms with van der Waals surface area (Å²) in [6.07, 6.45) is -3.27. The number of likely N-dealkylation sites (N-methyl/N-ethyl adjacent to an activating group) is 1. The largest absolute Gasteiger partial charge is 0.482 e. The van der Waals surface area contributed by atoms with E-state index in [1.807, 2.05) is 0 Å². The van der Waals surface area contributed by atoms with Gasteiger partial charge in [0, 0.05) is 24.2 Å². The Labute approximate surface area is 231 Å². The van der Waals surface area contributed by atoms with E-state index in [0.29, 0.717) is 0 Å². The molecule has 4 N–H and O–H groups in total. The van der Waals surface area contributed by atoms with Crippen LogP contribution < -0.4 is 20.1 Å². The summed E-state index contributed by atoms with van der Waals surface area (Å²) in [5.41, 5.74) is 0.940. The van der Waals surface area contributed by atoms with Crippen LogP contribution in [0.2, 0.25) is 5.02 Å². The number of alkyl halides is 3. The molecule has 39 heavy (non-hydrogen) atoms. The monoisotopic (exact) mass is 586 g/mol. The molecule has 0 radical (unpaired) electrons. The van der Waals surface area contributed by atoms with Crippen LogP contribution in [-0.4, -0.2) is 41.9 Å². The summed E-state index contributed by atoms with van der Waals surface area (Å²) in [6, 6.07) is 7.15. The molecule has 8 nitrogen and oxygen atoms in total. The van der Waals surface area contributed by atoms with Crippen LogP contribution in [0.25, 0.3) is 0 Å². The Morgan fingerprint density at radius 1 is 1.28 bits per heavy atom. The highest BCUT2D eigenvalue weighted by Gasteiger charge is 2.59. The van der Waals surface area contributed by atoms with Crippen molar-refractivity contribution < 1.29 is 42.4 Å². The Bertz CT molecular complexity index is 1390. The van der Waals surface area contributed by atoms with Gasteiger partial charge in [-0.05, 0) is 41.5 Å². The van der Waals surface area contributed by atoms with Crippen LogP contribution >= 0.6 is 23.2 Å². The van der Waals surface area contributed by atoms with Crippen LogP contribution in [0.1, 0.15) is 24.0 Å². The van der Waals surface area contributed by atoms with Crippen molar-refractivity contribution in [2.75, 3.05) is 18.6 Å². The number of rotatable bonds is 8. The molecule has 0 saturated carbocycles. The lowest BCUT2D eigenvalue weighted by Crippen LogP contribution is -2.47. The number of fused-ring (bicyclic) bond motifs is 1. The van der Waals surface area contributed by atoms with Crippen molar-refractivity contribution in [3.63, 3.8) is 0 Å². The maximum absolute atomic E-state index is 14.5. The molecule has 0 saturated heterocycles. The summed E-state index contributed by atoms with van der Waals surface area (Å²) in [4.78, 5) is 24.3. The molecule has 1 amide bonds. The number of aliphatic hydroxyl groups is 1. The lowest BCUT2D eigenvalue weighted by Gasteiger charge is -2.38. The molecule has 2 atom stereocenters. The fourth-order valence-electron chi connectivity index (χ4n) is 3.97. The molecule has 13 heteroatoms. The second-order valence-corrected chi connectivity index (χ2v) is 9.35. The molecule has 0 unspecified atom stereocenters. The van der Waals surface area contributed by atoms with Gasteiger partial charge in [-0.2, -0.15) is 13.2 Å². The Kier molecular flexibility index (Phi) is 8.59. The summed E-state index contributed by atoms with van der Waals surface area (Å²) in [6.45, 7) is 4.50. The lowest BCUT2D eigenvalue weighted by atomic mass is 9.77. The number of nitrogens with zero attached hydrogens (tertiary/aromatic N) is 1. The molecule has 0 aliphatic carbocycles. The standard InChI is InChI=1S/C26H23Cl2F3N2O6/c1-13(8-19(27)18(11-32)24(35)36)39-16-5-6-17(20(28)10-16)14(2)25(37,26(29,30)31)15-4-7-22-21(9-15)33(3)23(34)12-38-22/h4-11,14,37H,1,12,32H2,2-3H3,(H,35,36)/b18-11+,19-8+/t14-,25-/m1/s1. The average molecular weight is 587 g/mol. The van der Waals surface area contributed by atoms with E-state index >= 15 is 0 Å². The molecule has 208 valence electrons. The fourth-order valence-corrected chi connectivity index (χ4v) is 4.57. The van der Waals surface area contributed by atoms with Gasteiger partial charge in [0.05, 0.1) is 16.3 Å². The number of carbonyl (C=O) groups is 2. The van der Waals surface area contributed by atoms with E-state index in [0.717, 1.165) is 36.2 Å². The first kappa shape index (κ1) is 29.9. The van der Waals surface area contributed by atoms with Gasteiger partial charge in [-0.3, -0.25) is 4.79 Å². The first-order valence-corrected chi connectivity index (χ1v) is 11.9. The van der Waals surface area contributed by atoms with Gasteiger partial charge in [0.1, 0.15) is 17.3 Å². The van der Waals surface area contributed by atoms with Crippen molar-refractivity contribution in [1.82, 2.24) is 0 Å². The molecule has 2 aromatic carbocycles. The van der Waals surface area contributed by atoms with Crippen LogP contribution in [0.15, 0.2) is 71.6 Å². The second kappa shape index (κ2) is 11.2. The molecule has 0 spiro atoms. The number of nitrogens with two attached hydrogens (primary N) is 1. The smallest absolute Gasteiger partial charge is 0.422 e. The maximum atomic E-state index is 14.5. The number of carbonyl (C=O) groups excluding carboxylic acids is 1. The van der Waals surface area contributed by atoms with Crippen LogP contribution in [0.3, 0.4) is 0 Å². The number of ether oxygens (including phenoxy) is 2. The van der Waals surface area contributed by atoms with E-state index in [2.05, 4.69) is 6.58 Å².